The Morgan fingerprint density at radius 2 is 1.94 bits per heavy atom. The summed E-state index contributed by atoms with van der Waals surface area (Å²) in [6.07, 6.45) is 4.02. The van der Waals surface area contributed by atoms with Crippen LogP contribution in [0.1, 0.15) is 42.1 Å². The molecule has 1 aromatic rings. The van der Waals surface area contributed by atoms with Crippen LogP contribution in [0.3, 0.4) is 0 Å². The third kappa shape index (κ3) is 2.99. The van der Waals surface area contributed by atoms with Crippen molar-refractivity contribution in [3.8, 4) is 0 Å². The fourth-order valence-electron chi connectivity index (χ4n) is 2.40. The lowest BCUT2D eigenvalue weighted by molar-refractivity contribution is 0.0828. The Morgan fingerprint density at radius 3 is 2.44 bits per heavy atom. The number of hydrogen-bond donors (Lipinski definition) is 0. The fourth-order valence-corrected chi connectivity index (χ4v) is 2.40. The second-order valence-corrected chi connectivity index (χ2v) is 5.64. The van der Waals surface area contributed by atoms with Crippen LogP contribution < -0.4 is 0 Å². The first-order valence-corrected chi connectivity index (χ1v) is 6.89. The standard InChI is InChI=1S/C16H23NO/c1-12-7-9-15(10-8-12)16(18)13(2)17(3)11-14-5-4-6-14/h7-10,13-14H,4-6,11H2,1-3H3. The van der Waals surface area contributed by atoms with Gasteiger partial charge in [0.15, 0.2) is 5.78 Å². The predicted molar refractivity (Wildman–Crippen MR) is 74.9 cm³/mol. The van der Waals surface area contributed by atoms with Crippen molar-refractivity contribution >= 4 is 5.78 Å². The lowest BCUT2D eigenvalue weighted by Gasteiger charge is -2.32. The molecule has 1 aliphatic rings. The molecule has 2 rings (SSSR count). The van der Waals surface area contributed by atoms with Gasteiger partial charge in [-0.1, -0.05) is 36.2 Å². The summed E-state index contributed by atoms with van der Waals surface area (Å²) in [6.45, 7) is 5.11. The molecular weight excluding hydrogens is 222 g/mol. The number of nitrogens with zero attached hydrogens (tertiary/aromatic N) is 1. The van der Waals surface area contributed by atoms with Crippen molar-refractivity contribution in [3.05, 3.63) is 35.4 Å². The van der Waals surface area contributed by atoms with E-state index in [1.165, 1.54) is 24.8 Å². The van der Waals surface area contributed by atoms with Crippen LogP contribution in [0.4, 0.5) is 0 Å². The molecule has 0 radical (unpaired) electrons. The van der Waals surface area contributed by atoms with Crippen LogP contribution in [0.5, 0.6) is 0 Å². The molecule has 0 amide bonds. The lowest BCUT2D eigenvalue weighted by Crippen LogP contribution is -2.40. The van der Waals surface area contributed by atoms with Crippen molar-refractivity contribution in [1.29, 1.82) is 0 Å². The molecule has 0 aliphatic heterocycles. The first-order valence-electron chi connectivity index (χ1n) is 6.89. The number of hydrogen-bond acceptors (Lipinski definition) is 2. The SMILES string of the molecule is Cc1ccc(C(=O)C(C)N(C)CC2CCC2)cc1. The number of carbonyl (C=O) groups excluding carboxylic acids is 1. The van der Waals surface area contributed by atoms with Gasteiger partial charge in [0.1, 0.15) is 0 Å². The number of Topliss-reactive ketones (excluding diaryl/α,β-unsaturated/α-hetero) is 1. The maximum atomic E-state index is 12.3. The molecule has 1 aromatic carbocycles. The van der Waals surface area contributed by atoms with Gasteiger partial charge in [-0.2, -0.15) is 0 Å². The van der Waals surface area contributed by atoms with Crippen LogP contribution in [0.2, 0.25) is 0 Å². The third-order valence-corrected chi connectivity index (χ3v) is 4.15. The molecular formula is C16H23NO. The summed E-state index contributed by atoms with van der Waals surface area (Å²) >= 11 is 0. The van der Waals surface area contributed by atoms with Gasteiger partial charge in [-0.3, -0.25) is 9.69 Å². The van der Waals surface area contributed by atoms with E-state index >= 15 is 0 Å². The van der Waals surface area contributed by atoms with E-state index in [2.05, 4.69) is 11.9 Å². The van der Waals surface area contributed by atoms with Gasteiger partial charge in [-0.25, -0.2) is 0 Å². The van der Waals surface area contributed by atoms with E-state index in [-0.39, 0.29) is 11.8 Å². The van der Waals surface area contributed by atoms with Crippen molar-refractivity contribution in [3.63, 3.8) is 0 Å². The Hall–Kier alpha value is -1.15. The maximum Gasteiger partial charge on any atom is 0.179 e. The summed E-state index contributed by atoms with van der Waals surface area (Å²) in [5, 5.41) is 0. The number of likely N-dealkylation sites (N-methyl/N-ethyl adjacent to an activating group) is 1. The molecule has 2 heteroatoms. The van der Waals surface area contributed by atoms with E-state index in [9.17, 15) is 4.79 Å². The zero-order valence-corrected chi connectivity index (χ0v) is 11.6. The van der Waals surface area contributed by atoms with Crippen LogP contribution in [-0.4, -0.2) is 30.3 Å². The van der Waals surface area contributed by atoms with Gasteiger partial charge in [0.2, 0.25) is 0 Å². The van der Waals surface area contributed by atoms with E-state index in [0.29, 0.717) is 0 Å². The molecule has 0 saturated heterocycles. The van der Waals surface area contributed by atoms with Crippen molar-refractivity contribution < 1.29 is 4.79 Å². The van der Waals surface area contributed by atoms with Crippen LogP contribution in [0.25, 0.3) is 0 Å². The van der Waals surface area contributed by atoms with Crippen molar-refractivity contribution in [2.24, 2.45) is 5.92 Å². The summed E-state index contributed by atoms with van der Waals surface area (Å²) in [7, 11) is 2.06. The number of aryl methyl sites for hydroxylation is 1. The Morgan fingerprint density at radius 1 is 1.33 bits per heavy atom. The minimum absolute atomic E-state index is 0.0201. The molecule has 0 aromatic heterocycles. The second kappa shape index (κ2) is 5.66. The van der Waals surface area contributed by atoms with E-state index < -0.39 is 0 Å². The topological polar surface area (TPSA) is 20.3 Å². The second-order valence-electron chi connectivity index (χ2n) is 5.64. The summed E-state index contributed by atoms with van der Waals surface area (Å²) in [5.41, 5.74) is 2.02. The van der Waals surface area contributed by atoms with Gasteiger partial charge in [-0.15, -0.1) is 0 Å². The summed E-state index contributed by atoms with van der Waals surface area (Å²) in [4.78, 5) is 14.5. The Labute approximate surface area is 110 Å². The number of ketones is 1. The minimum atomic E-state index is -0.0201. The number of carbonyl (C=O) groups is 1. The van der Waals surface area contributed by atoms with E-state index in [0.717, 1.165) is 18.0 Å². The van der Waals surface area contributed by atoms with Gasteiger partial charge in [0.05, 0.1) is 6.04 Å². The molecule has 1 aliphatic carbocycles. The monoisotopic (exact) mass is 245 g/mol. The van der Waals surface area contributed by atoms with Crippen LogP contribution in [-0.2, 0) is 0 Å². The summed E-state index contributed by atoms with van der Waals surface area (Å²) in [6, 6.07) is 7.86. The van der Waals surface area contributed by atoms with Gasteiger partial charge in [0, 0.05) is 12.1 Å². The molecule has 1 atom stereocenters. The largest absolute Gasteiger partial charge is 0.296 e. The highest BCUT2D eigenvalue weighted by molar-refractivity contribution is 5.99. The van der Waals surface area contributed by atoms with Crippen LogP contribution in [0, 0.1) is 12.8 Å². The third-order valence-electron chi connectivity index (χ3n) is 4.15. The number of benzene rings is 1. The highest BCUT2D eigenvalue weighted by atomic mass is 16.1. The molecule has 1 fully saturated rings. The highest BCUT2D eigenvalue weighted by Crippen LogP contribution is 2.27. The number of rotatable bonds is 5. The molecule has 0 spiro atoms. The van der Waals surface area contributed by atoms with Crippen LogP contribution in [0.15, 0.2) is 24.3 Å². The first kappa shape index (κ1) is 13.3. The van der Waals surface area contributed by atoms with Crippen LogP contribution >= 0.6 is 0 Å². The molecule has 1 saturated carbocycles. The molecule has 1 unspecified atom stereocenters. The van der Waals surface area contributed by atoms with Crippen molar-refractivity contribution in [1.82, 2.24) is 4.90 Å². The van der Waals surface area contributed by atoms with E-state index in [1.54, 1.807) is 0 Å². The lowest BCUT2D eigenvalue weighted by atomic mass is 9.85. The zero-order chi connectivity index (χ0) is 13.1. The zero-order valence-electron chi connectivity index (χ0n) is 11.6. The summed E-state index contributed by atoms with van der Waals surface area (Å²) in [5.74, 6) is 1.04. The van der Waals surface area contributed by atoms with Crippen molar-refractivity contribution in [2.45, 2.75) is 39.2 Å². The average Bonchev–Trinajstić information content (AvgIpc) is 2.32. The first-order chi connectivity index (χ1) is 8.58. The fraction of sp³-hybridized carbons (Fsp3) is 0.562. The average molecular weight is 245 g/mol. The van der Waals surface area contributed by atoms with Crippen molar-refractivity contribution in [2.75, 3.05) is 13.6 Å². The van der Waals surface area contributed by atoms with Gasteiger partial charge >= 0.3 is 0 Å². The molecule has 0 N–H and O–H groups in total. The Bertz CT molecular complexity index is 406. The minimum Gasteiger partial charge on any atom is -0.296 e. The highest BCUT2D eigenvalue weighted by Gasteiger charge is 2.24. The molecule has 98 valence electrons. The van der Waals surface area contributed by atoms with E-state index in [4.69, 9.17) is 0 Å². The molecule has 0 bridgehead atoms. The summed E-state index contributed by atoms with van der Waals surface area (Å²) < 4.78 is 0. The molecule has 2 nitrogen and oxygen atoms in total. The van der Waals surface area contributed by atoms with Gasteiger partial charge < -0.3 is 0 Å². The maximum absolute atomic E-state index is 12.3. The smallest absolute Gasteiger partial charge is 0.179 e. The Balaban J connectivity index is 1.96. The normalized spacial score (nSPS) is 17.6. The van der Waals surface area contributed by atoms with Gasteiger partial charge in [-0.05, 0) is 39.7 Å². The molecule has 18 heavy (non-hydrogen) atoms. The van der Waals surface area contributed by atoms with Gasteiger partial charge in [0.25, 0.3) is 0 Å². The quantitative estimate of drug-likeness (QED) is 0.742. The van der Waals surface area contributed by atoms with E-state index in [1.807, 2.05) is 38.1 Å². The predicted octanol–water partition coefficient (Wildman–Crippen LogP) is 3.30. The Kier molecular flexibility index (Phi) is 4.18. The molecule has 0 heterocycles.